The molecule has 0 saturated carbocycles. The molecule has 7 nitrogen and oxygen atoms in total. The Morgan fingerprint density at radius 2 is 1.96 bits per heavy atom. The number of amides is 1. The summed E-state index contributed by atoms with van der Waals surface area (Å²) in [7, 11) is -0.761. The number of nitrogens with zero attached hydrogens (tertiary/aromatic N) is 3. The van der Waals surface area contributed by atoms with Crippen LogP contribution in [-0.2, 0) is 27.8 Å². The SMILES string of the molecule is CCn1c(CCC(=O)NCC(F)(F)F)nc2cc(S(=O)(=O)N(C)C)ccc21. The predicted molar refractivity (Wildman–Crippen MR) is 93.7 cm³/mol. The number of rotatable bonds is 7. The molecule has 1 aromatic heterocycles. The van der Waals surface area contributed by atoms with Gasteiger partial charge in [-0.1, -0.05) is 0 Å². The number of carbonyl (C=O) groups excluding carboxylic acids is 1. The van der Waals surface area contributed by atoms with Gasteiger partial charge in [-0.15, -0.1) is 0 Å². The number of imidazole rings is 1. The summed E-state index contributed by atoms with van der Waals surface area (Å²) >= 11 is 0. The molecule has 0 atom stereocenters. The maximum absolute atomic E-state index is 12.3. The minimum Gasteiger partial charge on any atom is -0.347 e. The molecule has 0 spiro atoms. The van der Waals surface area contributed by atoms with Crippen LogP contribution in [0.4, 0.5) is 13.2 Å². The Morgan fingerprint density at radius 3 is 2.52 bits per heavy atom. The van der Waals surface area contributed by atoms with E-state index in [2.05, 4.69) is 4.98 Å². The van der Waals surface area contributed by atoms with Crippen LogP contribution in [0.3, 0.4) is 0 Å². The second-order valence-corrected chi connectivity index (χ2v) is 8.25. The van der Waals surface area contributed by atoms with Gasteiger partial charge in [-0.05, 0) is 25.1 Å². The second-order valence-electron chi connectivity index (χ2n) is 6.10. The number of halogens is 3. The van der Waals surface area contributed by atoms with Crippen molar-refractivity contribution in [2.24, 2.45) is 0 Å². The lowest BCUT2D eigenvalue weighted by Crippen LogP contribution is -2.33. The first-order valence-corrected chi connectivity index (χ1v) is 9.65. The standard InChI is InChI=1S/C16H21F3N4O3S/c1-4-23-13-6-5-11(27(25,26)22(2)3)9-12(13)21-14(23)7-8-15(24)20-10-16(17,18)19/h5-6,9H,4,7-8,10H2,1-3H3,(H,20,24). The predicted octanol–water partition coefficient (Wildman–Crippen LogP) is 1.92. The lowest BCUT2D eigenvalue weighted by atomic mass is 10.2. The molecule has 0 fully saturated rings. The van der Waals surface area contributed by atoms with Crippen molar-refractivity contribution in [3.05, 3.63) is 24.0 Å². The summed E-state index contributed by atoms with van der Waals surface area (Å²) in [4.78, 5) is 16.1. The molecular formula is C16H21F3N4O3S. The van der Waals surface area contributed by atoms with Gasteiger partial charge in [0.1, 0.15) is 12.4 Å². The zero-order valence-corrected chi connectivity index (χ0v) is 16.0. The first kappa shape index (κ1) is 21.2. The Kier molecular flexibility index (Phi) is 6.15. The molecule has 1 heterocycles. The molecule has 27 heavy (non-hydrogen) atoms. The van der Waals surface area contributed by atoms with E-state index >= 15 is 0 Å². The third-order valence-electron chi connectivity index (χ3n) is 3.96. The van der Waals surface area contributed by atoms with Gasteiger partial charge in [0.2, 0.25) is 15.9 Å². The summed E-state index contributed by atoms with van der Waals surface area (Å²) in [6.45, 7) is 1.01. The number of hydrogen-bond donors (Lipinski definition) is 1. The molecule has 0 aliphatic heterocycles. The Morgan fingerprint density at radius 1 is 1.30 bits per heavy atom. The van der Waals surface area contributed by atoms with Gasteiger partial charge in [-0.25, -0.2) is 17.7 Å². The zero-order valence-electron chi connectivity index (χ0n) is 15.2. The topological polar surface area (TPSA) is 84.3 Å². The highest BCUT2D eigenvalue weighted by atomic mass is 32.2. The summed E-state index contributed by atoms with van der Waals surface area (Å²) in [5.74, 6) is -0.216. The fraction of sp³-hybridized carbons (Fsp3) is 0.500. The first-order valence-electron chi connectivity index (χ1n) is 8.21. The quantitative estimate of drug-likeness (QED) is 0.761. The molecule has 0 saturated heterocycles. The highest BCUT2D eigenvalue weighted by molar-refractivity contribution is 7.89. The first-order chi connectivity index (χ1) is 12.5. The fourth-order valence-corrected chi connectivity index (χ4v) is 3.51. The van der Waals surface area contributed by atoms with E-state index in [-0.39, 0.29) is 17.7 Å². The smallest absolute Gasteiger partial charge is 0.347 e. The molecule has 0 aliphatic rings. The Labute approximate surface area is 155 Å². The van der Waals surface area contributed by atoms with Gasteiger partial charge in [0, 0.05) is 33.5 Å². The molecule has 0 unspecified atom stereocenters. The number of hydrogen-bond acceptors (Lipinski definition) is 4. The number of sulfonamides is 1. The number of fused-ring (bicyclic) bond motifs is 1. The Balaban J connectivity index is 2.24. The van der Waals surface area contributed by atoms with E-state index in [1.165, 1.54) is 26.2 Å². The number of aromatic nitrogens is 2. The monoisotopic (exact) mass is 406 g/mol. The largest absolute Gasteiger partial charge is 0.405 e. The summed E-state index contributed by atoms with van der Waals surface area (Å²) in [6.07, 6.45) is -4.47. The fourth-order valence-electron chi connectivity index (χ4n) is 2.59. The van der Waals surface area contributed by atoms with Crippen molar-refractivity contribution in [3.63, 3.8) is 0 Å². The molecule has 0 radical (unpaired) electrons. The summed E-state index contributed by atoms with van der Waals surface area (Å²) in [6, 6.07) is 4.56. The molecule has 0 aliphatic carbocycles. The average Bonchev–Trinajstić information content (AvgIpc) is 2.93. The summed E-state index contributed by atoms with van der Waals surface area (Å²) in [5, 5.41) is 1.82. The van der Waals surface area contributed by atoms with Crippen LogP contribution in [0.25, 0.3) is 11.0 Å². The number of benzene rings is 1. The minimum atomic E-state index is -4.46. The van der Waals surface area contributed by atoms with Crippen molar-refractivity contribution < 1.29 is 26.4 Å². The molecule has 2 rings (SSSR count). The molecule has 150 valence electrons. The molecule has 0 bridgehead atoms. The number of carbonyl (C=O) groups is 1. The van der Waals surface area contributed by atoms with Crippen LogP contribution in [0, 0.1) is 0 Å². The van der Waals surface area contributed by atoms with Crippen molar-refractivity contribution in [1.82, 2.24) is 19.2 Å². The number of alkyl halides is 3. The third-order valence-corrected chi connectivity index (χ3v) is 5.77. The summed E-state index contributed by atoms with van der Waals surface area (Å²) < 4.78 is 63.8. The van der Waals surface area contributed by atoms with Crippen LogP contribution in [0.5, 0.6) is 0 Å². The molecular weight excluding hydrogens is 385 g/mol. The van der Waals surface area contributed by atoms with Gasteiger partial charge in [0.25, 0.3) is 0 Å². The van der Waals surface area contributed by atoms with E-state index in [0.29, 0.717) is 23.4 Å². The molecule has 1 aromatic carbocycles. The van der Waals surface area contributed by atoms with Crippen LogP contribution in [-0.4, -0.2) is 55.0 Å². The van der Waals surface area contributed by atoms with E-state index in [4.69, 9.17) is 0 Å². The number of nitrogens with one attached hydrogen (secondary N) is 1. The maximum atomic E-state index is 12.3. The summed E-state index contributed by atoms with van der Waals surface area (Å²) in [5.41, 5.74) is 1.14. The maximum Gasteiger partial charge on any atom is 0.405 e. The molecule has 11 heteroatoms. The van der Waals surface area contributed by atoms with E-state index in [1.54, 1.807) is 10.6 Å². The van der Waals surface area contributed by atoms with Crippen LogP contribution < -0.4 is 5.32 Å². The van der Waals surface area contributed by atoms with Crippen LogP contribution in [0.2, 0.25) is 0 Å². The number of aryl methyl sites for hydroxylation is 2. The van der Waals surface area contributed by atoms with Gasteiger partial charge in [-0.3, -0.25) is 4.79 Å². The van der Waals surface area contributed by atoms with Gasteiger partial charge in [0.05, 0.1) is 15.9 Å². The minimum absolute atomic E-state index is 0.0928. The van der Waals surface area contributed by atoms with Gasteiger partial charge >= 0.3 is 6.18 Å². The van der Waals surface area contributed by atoms with Crippen LogP contribution in [0.1, 0.15) is 19.2 Å². The molecule has 1 N–H and O–H groups in total. The second kappa shape index (κ2) is 7.85. The lowest BCUT2D eigenvalue weighted by Gasteiger charge is -2.11. The van der Waals surface area contributed by atoms with Gasteiger partial charge in [0.15, 0.2) is 0 Å². The Hall–Kier alpha value is -2.14. The third kappa shape index (κ3) is 4.98. The zero-order chi connectivity index (χ0) is 20.4. The van der Waals surface area contributed by atoms with E-state index in [1.807, 2.05) is 12.2 Å². The van der Waals surface area contributed by atoms with Crippen molar-refractivity contribution in [3.8, 4) is 0 Å². The highest BCUT2D eigenvalue weighted by Gasteiger charge is 2.27. The lowest BCUT2D eigenvalue weighted by molar-refractivity contribution is -0.138. The van der Waals surface area contributed by atoms with Gasteiger partial charge < -0.3 is 9.88 Å². The average molecular weight is 406 g/mol. The molecule has 1 amide bonds. The van der Waals surface area contributed by atoms with Crippen molar-refractivity contribution in [2.45, 2.75) is 37.4 Å². The van der Waals surface area contributed by atoms with Crippen LogP contribution >= 0.6 is 0 Å². The van der Waals surface area contributed by atoms with E-state index in [9.17, 15) is 26.4 Å². The molecule has 2 aromatic rings. The normalized spacial score (nSPS) is 12.7. The van der Waals surface area contributed by atoms with Gasteiger partial charge in [-0.2, -0.15) is 13.2 Å². The Bertz CT molecular complexity index is 936. The van der Waals surface area contributed by atoms with E-state index in [0.717, 1.165) is 4.31 Å². The van der Waals surface area contributed by atoms with Crippen LogP contribution in [0.15, 0.2) is 23.1 Å². The van der Waals surface area contributed by atoms with E-state index < -0.39 is 28.7 Å². The highest BCUT2D eigenvalue weighted by Crippen LogP contribution is 2.22. The van der Waals surface area contributed by atoms with Crippen molar-refractivity contribution >= 4 is 27.0 Å². The van der Waals surface area contributed by atoms with Crippen molar-refractivity contribution in [2.75, 3.05) is 20.6 Å². The van der Waals surface area contributed by atoms with Crippen molar-refractivity contribution in [1.29, 1.82) is 0 Å².